The van der Waals surface area contributed by atoms with E-state index in [2.05, 4.69) is 29.6 Å². The van der Waals surface area contributed by atoms with Crippen LogP contribution in [0.25, 0.3) is 0 Å². The minimum absolute atomic E-state index is 0.0526. The Balaban J connectivity index is 1.75. The highest BCUT2D eigenvalue weighted by Crippen LogP contribution is 2.40. The summed E-state index contributed by atoms with van der Waals surface area (Å²) in [6, 6.07) is 8.83. The maximum atomic E-state index is 12.5. The van der Waals surface area contributed by atoms with Crippen LogP contribution in [0.1, 0.15) is 56.7 Å². The molecular weight excluding hydrogens is 276 g/mol. The molecule has 4 nitrogen and oxygen atoms in total. The third kappa shape index (κ3) is 3.61. The van der Waals surface area contributed by atoms with Gasteiger partial charge < -0.3 is 10.1 Å². The summed E-state index contributed by atoms with van der Waals surface area (Å²) >= 11 is 0. The summed E-state index contributed by atoms with van der Waals surface area (Å²) in [7, 11) is 0. The quantitative estimate of drug-likeness (QED) is 0.910. The van der Waals surface area contributed by atoms with Crippen LogP contribution in [0.5, 0.6) is 0 Å². The van der Waals surface area contributed by atoms with Gasteiger partial charge >= 0.3 is 6.09 Å². The molecule has 1 atom stereocenters. The van der Waals surface area contributed by atoms with E-state index in [0.29, 0.717) is 6.54 Å². The van der Waals surface area contributed by atoms with E-state index in [1.807, 2.05) is 25.7 Å². The van der Waals surface area contributed by atoms with Gasteiger partial charge in [-0.2, -0.15) is 0 Å². The summed E-state index contributed by atoms with van der Waals surface area (Å²) in [6.45, 7) is 8.01. The highest BCUT2D eigenvalue weighted by Gasteiger charge is 2.31. The number of piperazine rings is 1. The van der Waals surface area contributed by atoms with E-state index in [-0.39, 0.29) is 12.1 Å². The number of carbonyl (C=O) groups excluding carboxylic acids is 1. The average Bonchev–Trinajstić information content (AvgIpc) is 3.30. The molecule has 2 fully saturated rings. The molecule has 1 amide bonds. The molecule has 4 heteroatoms. The van der Waals surface area contributed by atoms with E-state index in [4.69, 9.17) is 4.74 Å². The maximum absolute atomic E-state index is 12.5. The normalized spacial score (nSPS) is 22.5. The van der Waals surface area contributed by atoms with E-state index in [0.717, 1.165) is 19.0 Å². The molecule has 1 unspecified atom stereocenters. The molecule has 1 aliphatic carbocycles. The van der Waals surface area contributed by atoms with E-state index < -0.39 is 5.60 Å². The Morgan fingerprint density at radius 3 is 2.41 bits per heavy atom. The average molecular weight is 302 g/mol. The van der Waals surface area contributed by atoms with Gasteiger partial charge in [-0.1, -0.05) is 24.3 Å². The minimum atomic E-state index is -0.456. The monoisotopic (exact) mass is 302 g/mol. The predicted octanol–water partition coefficient (Wildman–Crippen LogP) is 3.45. The van der Waals surface area contributed by atoms with Crippen molar-refractivity contribution in [2.45, 2.75) is 51.2 Å². The van der Waals surface area contributed by atoms with Crippen molar-refractivity contribution in [1.82, 2.24) is 10.2 Å². The van der Waals surface area contributed by atoms with Gasteiger partial charge in [-0.05, 0) is 50.7 Å². The van der Waals surface area contributed by atoms with Crippen molar-refractivity contribution in [2.75, 3.05) is 19.6 Å². The first kappa shape index (κ1) is 15.3. The first-order valence-electron chi connectivity index (χ1n) is 8.24. The molecule has 1 saturated heterocycles. The Morgan fingerprint density at radius 2 is 1.82 bits per heavy atom. The molecule has 0 bridgehead atoms. The number of amides is 1. The topological polar surface area (TPSA) is 41.6 Å². The maximum Gasteiger partial charge on any atom is 0.410 e. The van der Waals surface area contributed by atoms with Crippen LogP contribution in [0.4, 0.5) is 4.79 Å². The highest BCUT2D eigenvalue weighted by atomic mass is 16.6. The Kier molecular flexibility index (Phi) is 4.13. The van der Waals surface area contributed by atoms with Gasteiger partial charge in [-0.25, -0.2) is 4.79 Å². The second-order valence-corrected chi connectivity index (χ2v) is 7.33. The number of carbonyl (C=O) groups is 1. The molecule has 22 heavy (non-hydrogen) atoms. The molecule has 120 valence electrons. The Labute approximate surface area is 132 Å². The van der Waals surface area contributed by atoms with Crippen LogP contribution in [0.2, 0.25) is 0 Å². The van der Waals surface area contributed by atoms with Crippen LogP contribution in [0.15, 0.2) is 24.3 Å². The lowest BCUT2D eigenvalue weighted by Gasteiger charge is -2.37. The first-order valence-corrected chi connectivity index (χ1v) is 8.24. The van der Waals surface area contributed by atoms with Crippen molar-refractivity contribution in [1.29, 1.82) is 0 Å². The van der Waals surface area contributed by atoms with Gasteiger partial charge in [0.2, 0.25) is 0 Å². The van der Waals surface area contributed by atoms with Gasteiger partial charge in [-0.3, -0.25) is 4.90 Å². The van der Waals surface area contributed by atoms with Crippen molar-refractivity contribution < 1.29 is 9.53 Å². The summed E-state index contributed by atoms with van der Waals surface area (Å²) in [4.78, 5) is 14.3. The molecule has 1 aromatic rings. The predicted molar refractivity (Wildman–Crippen MR) is 87.0 cm³/mol. The summed E-state index contributed by atoms with van der Waals surface area (Å²) in [5.41, 5.74) is 2.15. The zero-order valence-electron chi connectivity index (χ0n) is 13.8. The fourth-order valence-corrected chi connectivity index (χ4v) is 2.95. The molecule has 1 aromatic carbocycles. The number of ether oxygens (including phenoxy) is 1. The van der Waals surface area contributed by atoms with Crippen molar-refractivity contribution in [3.63, 3.8) is 0 Å². The number of nitrogens with zero attached hydrogens (tertiary/aromatic N) is 1. The summed E-state index contributed by atoms with van der Waals surface area (Å²) < 4.78 is 5.56. The summed E-state index contributed by atoms with van der Waals surface area (Å²) in [6.07, 6.45) is 2.41. The molecule has 1 saturated carbocycles. The summed E-state index contributed by atoms with van der Waals surface area (Å²) in [5, 5.41) is 3.38. The fourth-order valence-electron chi connectivity index (χ4n) is 2.95. The van der Waals surface area contributed by atoms with E-state index in [1.54, 1.807) is 0 Å². The second kappa shape index (κ2) is 5.92. The third-order valence-corrected chi connectivity index (χ3v) is 4.24. The van der Waals surface area contributed by atoms with Crippen LogP contribution < -0.4 is 5.32 Å². The zero-order valence-corrected chi connectivity index (χ0v) is 13.8. The Bertz CT molecular complexity index is 529. The lowest BCUT2D eigenvalue weighted by molar-refractivity contribution is 0.0118. The van der Waals surface area contributed by atoms with Crippen molar-refractivity contribution in [2.24, 2.45) is 0 Å². The van der Waals surface area contributed by atoms with Gasteiger partial charge in [0.1, 0.15) is 5.60 Å². The number of hydrogen-bond acceptors (Lipinski definition) is 3. The first-order chi connectivity index (χ1) is 10.4. The molecule has 1 aliphatic heterocycles. The van der Waals surface area contributed by atoms with Crippen LogP contribution in [-0.4, -0.2) is 36.2 Å². The van der Waals surface area contributed by atoms with Gasteiger partial charge in [0.15, 0.2) is 0 Å². The zero-order chi connectivity index (χ0) is 15.7. The van der Waals surface area contributed by atoms with Crippen LogP contribution in [-0.2, 0) is 4.74 Å². The third-order valence-electron chi connectivity index (χ3n) is 4.24. The lowest BCUT2D eigenvalue weighted by atomic mass is 10.0. The largest absolute Gasteiger partial charge is 0.444 e. The molecule has 0 aromatic heterocycles. The smallest absolute Gasteiger partial charge is 0.410 e. The van der Waals surface area contributed by atoms with Crippen LogP contribution in [0, 0.1) is 0 Å². The summed E-state index contributed by atoms with van der Waals surface area (Å²) in [5.74, 6) is 0.764. The Hall–Kier alpha value is -1.55. The number of rotatable bonds is 2. The molecule has 1 heterocycles. The van der Waals surface area contributed by atoms with Crippen molar-refractivity contribution in [3.05, 3.63) is 35.4 Å². The van der Waals surface area contributed by atoms with Crippen molar-refractivity contribution in [3.8, 4) is 0 Å². The standard InChI is InChI=1S/C18H26N2O2/c1-18(2,3)22-17(21)20-11-10-19-12-16(20)15-8-6-14(7-9-15)13-4-5-13/h6-9,13,16,19H,4-5,10-12H2,1-3H3. The fraction of sp³-hybridized carbons (Fsp3) is 0.611. The van der Waals surface area contributed by atoms with Gasteiger partial charge in [-0.15, -0.1) is 0 Å². The van der Waals surface area contributed by atoms with Crippen LogP contribution >= 0.6 is 0 Å². The van der Waals surface area contributed by atoms with Gasteiger partial charge in [0.25, 0.3) is 0 Å². The second-order valence-electron chi connectivity index (χ2n) is 7.33. The molecular formula is C18H26N2O2. The van der Waals surface area contributed by atoms with Crippen molar-refractivity contribution >= 4 is 6.09 Å². The Morgan fingerprint density at radius 1 is 1.18 bits per heavy atom. The van der Waals surface area contributed by atoms with E-state index in [9.17, 15) is 4.79 Å². The van der Waals surface area contributed by atoms with Gasteiger partial charge in [0.05, 0.1) is 6.04 Å². The molecule has 2 aliphatic rings. The minimum Gasteiger partial charge on any atom is -0.444 e. The number of hydrogen-bond donors (Lipinski definition) is 1. The highest BCUT2D eigenvalue weighted by molar-refractivity contribution is 5.69. The van der Waals surface area contributed by atoms with Crippen LogP contribution in [0.3, 0.4) is 0 Å². The SMILES string of the molecule is CC(C)(C)OC(=O)N1CCNCC1c1ccc(C2CC2)cc1. The molecule has 3 rings (SSSR count). The molecule has 1 N–H and O–H groups in total. The lowest BCUT2D eigenvalue weighted by Crippen LogP contribution is -2.50. The number of nitrogens with one attached hydrogen (secondary N) is 1. The van der Waals surface area contributed by atoms with E-state index >= 15 is 0 Å². The van der Waals surface area contributed by atoms with E-state index in [1.165, 1.54) is 24.0 Å². The van der Waals surface area contributed by atoms with Gasteiger partial charge in [0, 0.05) is 19.6 Å². The molecule has 0 spiro atoms. The molecule has 0 radical (unpaired) electrons. The number of benzene rings is 1.